The molecule has 2 nitrogen and oxygen atoms in total. The van der Waals surface area contributed by atoms with Crippen LogP contribution in [-0.2, 0) is 4.79 Å². The molecule has 0 bridgehead atoms. The average molecular weight is 258 g/mol. The Kier molecular flexibility index (Phi) is 5.71. The maximum Gasteiger partial charge on any atom is 0.227 e. The first-order valence-electron chi connectivity index (χ1n) is 5.24. The van der Waals surface area contributed by atoms with Gasteiger partial charge in [0, 0.05) is 6.42 Å². The Labute approximate surface area is 106 Å². The second-order valence-corrected chi connectivity index (χ2v) is 4.68. The Morgan fingerprint density at radius 2 is 2.12 bits per heavy atom. The highest BCUT2D eigenvalue weighted by atomic mass is 35.5. The number of benzene rings is 1. The van der Waals surface area contributed by atoms with Crippen LogP contribution in [0.4, 0.5) is 5.69 Å². The van der Waals surface area contributed by atoms with Gasteiger partial charge in [0.1, 0.15) is 0 Å². The number of rotatable bonds is 5. The lowest BCUT2D eigenvalue weighted by Crippen LogP contribution is -2.30. The minimum absolute atomic E-state index is 0.130. The first-order valence-corrected chi connectivity index (χ1v) is 7.01. The van der Waals surface area contributed by atoms with E-state index in [0.29, 0.717) is 17.3 Å². The van der Waals surface area contributed by atoms with Gasteiger partial charge in [-0.05, 0) is 24.8 Å². The van der Waals surface area contributed by atoms with E-state index in [4.69, 9.17) is 11.6 Å². The van der Waals surface area contributed by atoms with Gasteiger partial charge in [-0.15, -0.1) is 11.8 Å². The molecular formula is C12H16ClNOS. The summed E-state index contributed by atoms with van der Waals surface area (Å²) in [6, 6.07) is 7.46. The molecule has 0 saturated heterocycles. The quantitative estimate of drug-likeness (QED) is 0.748. The Morgan fingerprint density at radius 3 is 2.69 bits per heavy atom. The molecule has 1 aromatic rings. The third kappa shape index (κ3) is 3.42. The molecule has 0 radical (unpaired) electrons. The van der Waals surface area contributed by atoms with Crippen molar-refractivity contribution in [3.05, 3.63) is 29.3 Å². The number of anilines is 1. The molecule has 0 aliphatic rings. The van der Waals surface area contributed by atoms with Crippen molar-refractivity contribution in [2.45, 2.75) is 19.8 Å². The van der Waals surface area contributed by atoms with Crippen LogP contribution in [0.25, 0.3) is 0 Å². The van der Waals surface area contributed by atoms with Crippen LogP contribution in [0.3, 0.4) is 0 Å². The third-order valence-electron chi connectivity index (χ3n) is 2.17. The van der Waals surface area contributed by atoms with Crippen LogP contribution in [-0.4, -0.2) is 18.0 Å². The standard InChI is InChI=1S/C12H16ClNOS/c1-3-6-12(15)14(9-16-2)11-8-5-4-7-10(11)13/h4-5,7-8H,3,6,9H2,1-2H3. The molecule has 16 heavy (non-hydrogen) atoms. The molecule has 0 spiro atoms. The molecule has 0 fully saturated rings. The summed E-state index contributed by atoms with van der Waals surface area (Å²) in [7, 11) is 0. The van der Waals surface area contributed by atoms with Crippen LogP contribution < -0.4 is 4.90 Å². The van der Waals surface area contributed by atoms with E-state index in [9.17, 15) is 4.79 Å². The largest absolute Gasteiger partial charge is 0.301 e. The van der Waals surface area contributed by atoms with E-state index in [1.807, 2.05) is 37.4 Å². The normalized spacial score (nSPS) is 10.2. The number of hydrogen-bond acceptors (Lipinski definition) is 2. The highest BCUT2D eigenvalue weighted by molar-refractivity contribution is 7.98. The Balaban J connectivity index is 2.93. The van der Waals surface area contributed by atoms with Crippen molar-refractivity contribution in [3.8, 4) is 0 Å². The summed E-state index contributed by atoms with van der Waals surface area (Å²) in [6.07, 6.45) is 3.39. The first kappa shape index (κ1) is 13.4. The number of carbonyl (C=O) groups is 1. The smallest absolute Gasteiger partial charge is 0.227 e. The van der Waals surface area contributed by atoms with Gasteiger partial charge in [-0.1, -0.05) is 30.7 Å². The zero-order valence-electron chi connectivity index (χ0n) is 9.57. The summed E-state index contributed by atoms with van der Waals surface area (Å²) >= 11 is 7.71. The second-order valence-electron chi connectivity index (χ2n) is 3.44. The van der Waals surface area contributed by atoms with E-state index < -0.39 is 0 Å². The topological polar surface area (TPSA) is 20.3 Å². The molecule has 0 heterocycles. The second kappa shape index (κ2) is 6.81. The van der Waals surface area contributed by atoms with E-state index in [-0.39, 0.29) is 5.91 Å². The van der Waals surface area contributed by atoms with Gasteiger partial charge in [-0.25, -0.2) is 0 Å². The molecule has 88 valence electrons. The van der Waals surface area contributed by atoms with Crippen LogP contribution in [0.2, 0.25) is 5.02 Å². The van der Waals surface area contributed by atoms with Crippen molar-refractivity contribution in [3.63, 3.8) is 0 Å². The predicted octanol–water partition coefficient (Wildman–Crippen LogP) is 3.79. The molecular weight excluding hydrogens is 242 g/mol. The molecule has 1 amide bonds. The molecule has 1 rings (SSSR count). The summed E-state index contributed by atoms with van der Waals surface area (Å²) in [6.45, 7) is 2.00. The lowest BCUT2D eigenvalue weighted by Gasteiger charge is -2.22. The number of carbonyl (C=O) groups excluding carboxylic acids is 1. The Hall–Kier alpha value is -0.670. The molecule has 0 unspecified atom stereocenters. The molecule has 0 N–H and O–H groups in total. The molecule has 0 aliphatic carbocycles. The molecule has 0 aromatic heterocycles. The third-order valence-corrected chi connectivity index (χ3v) is 3.00. The molecule has 1 aromatic carbocycles. The lowest BCUT2D eigenvalue weighted by atomic mass is 10.2. The van der Waals surface area contributed by atoms with Gasteiger partial charge in [-0.2, -0.15) is 0 Å². The number of halogens is 1. The Morgan fingerprint density at radius 1 is 1.44 bits per heavy atom. The van der Waals surface area contributed by atoms with Gasteiger partial charge in [0.25, 0.3) is 0 Å². The van der Waals surface area contributed by atoms with Crippen molar-refractivity contribution in [1.29, 1.82) is 0 Å². The van der Waals surface area contributed by atoms with Crippen molar-refractivity contribution in [2.24, 2.45) is 0 Å². The fraction of sp³-hybridized carbons (Fsp3) is 0.417. The van der Waals surface area contributed by atoms with Gasteiger partial charge in [0.2, 0.25) is 5.91 Å². The van der Waals surface area contributed by atoms with Crippen LogP contribution in [0.1, 0.15) is 19.8 Å². The lowest BCUT2D eigenvalue weighted by molar-refractivity contribution is -0.118. The summed E-state index contributed by atoms with van der Waals surface area (Å²) in [4.78, 5) is 13.7. The van der Waals surface area contributed by atoms with Crippen molar-refractivity contribution in [1.82, 2.24) is 0 Å². The van der Waals surface area contributed by atoms with Gasteiger partial charge < -0.3 is 4.90 Å². The fourth-order valence-corrected chi connectivity index (χ4v) is 2.20. The minimum atomic E-state index is 0.130. The predicted molar refractivity (Wildman–Crippen MR) is 72.2 cm³/mol. The van der Waals surface area contributed by atoms with Crippen molar-refractivity contribution in [2.75, 3.05) is 17.0 Å². The van der Waals surface area contributed by atoms with Crippen LogP contribution in [0.15, 0.2) is 24.3 Å². The van der Waals surface area contributed by atoms with E-state index >= 15 is 0 Å². The summed E-state index contributed by atoms with van der Waals surface area (Å²) in [5, 5.41) is 0.626. The summed E-state index contributed by atoms with van der Waals surface area (Å²) < 4.78 is 0. The first-order chi connectivity index (χ1) is 7.70. The number of hydrogen-bond donors (Lipinski definition) is 0. The number of nitrogens with zero attached hydrogens (tertiary/aromatic N) is 1. The summed E-state index contributed by atoms with van der Waals surface area (Å²) in [5.41, 5.74) is 0.803. The maximum atomic E-state index is 11.9. The number of para-hydroxylation sites is 1. The highest BCUT2D eigenvalue weighted by Crippen LogP contribution is 2.27. The fourth-order valence-electron chi connectivity index (χ4n) is 1.42. The van der Waals surface area contributed by atoms with Gasteiger partial charge in [-0.3, -0.25) is 4.79 Å². The van der Waals surface area contributed by atoms with Crippen LogP contribution >= 0.6 is 23.4 Å². The maximum absolute atomic E-state index is 11.9. The summed E-state index contributed by atoms with van der Waals surface area (Å²) in [5.74, 6) is 0.771. The van der Waals surface area contributed by atoms with E-state index in [1.54, 1.807) is 16.7 Å². The number of thioether (sulfide) groups is 1. The minimum Gasteiger partial charge on any atom is -0.301 e. The van der Waals surface area contributed by atoms with E-state index in [1.165, 1.54) is 0 Å². The Bertz CT molecular complexity index is 357. The van der Waals surface area contributed by atoms with Crippen molar-refractivity contribution >= 4 is 35.0 Å². The van der Waals surface area contributed by atoms with Crippen LogP contribution in [0.5, 0.6) is 0 Å². The zero-order valence-corrected chi connectivity index (χ0v) is 11.1. The van der Waals surface area contributed by atoms with E-state index in [2.05, 4.69) is 0 Å². The van der Waals surface area contributed by atoms with Gasteiger partial charge in [0.15, 0.2) is 0 Å². The van der Waals surface area contributed by atoms with Gasteiger partial charge >= 0.3 is 0 Å². The van der Waals surface area contributed by atoms with Crippen molar-refractivity contribution < 1.29 is 4.79 Å². The highest BCUT2D eigenvalue weighted by Gasteiger charge is 2.16. The SMILES string of the molecule is CCCC(=O)N(CSC)c1ccccc1Cl. The van der Waals surface area contributed by atoms with Crippen LogP contribution in [0, 0.1) is 0 Å². The zero-order chi connectivity index (χ0) is 12.0. The molecule has 4 heteroatoms. The van der Waals surface area contributed by atoms with E-state index in [0.717, 1.165) is 12.1 Å². The molecule has 0 saturated carbocycles. The average Bonchev–Trinajstić information content (AvgIpc) is 2.27. The monoisotopic (exact) mass is 257 g/mol. The molecule has 0 atom stereocenters. The molecule has 0 aliphatic heterocycles. The number of amides is 1. The van der Waals surface area contributed by atoms with Gasteiger partial charge in [0.05, 0.1) is 16.6 Å².